The first-order valence-corrected chi connectivity index (χ1v) is 9.36. The van der Waals surface area contributed by atoms with E-state index < -0.39 is 0 Å². The molecule has 1 saturated heterocycles. The first-order valence-electron chi connectivity index (χ1n) is 8.31. The molecule has 0 aromatic rings. The molecule has 2 rings (SSSR count). The Morgan fingerprint density at radius 2 is 2.00 bits per heavy atom. The van der Waals surface area contributed by atoms with Gasteiger partial charge in [-0.05, 0) is 38.6 Å². The number of rotatable bonds is 5. The van der Waals surface area contributed by atoms with Crippen LogP contribution in [0, 0.1) is 5.92 Å². The van der Waals surface area contributed by atoms with Gasteiger partial charge in [0.05, 0.1) is 0 Å². The van der Waals surface area contributed by atoms with E-state index in [0.29, 0.717) is 0 Å². The molecule has 0 aromatic carbocycles. The summed E-state index contributed by atoms with van der Waals surface area (Å²) in [5.74, 6) is 2.21. The van der Waals surface area contributed by atoms with Crippen LogP contribution in [0.15, 0.2) is 0 Å². The highest BCUT2D eigenvalue weighted by atomic mass is 32.2. The van der Waals surface area contributed by atoms with Crippen LogP contribution in [0.2, 0.25) is 0 Å². The second kappa shape index (κ2) is 7.90. The van der Waals surface area contributed by atoms with E-state index in [1.807, 2.05) is 0 Å². The van der Waals surface area contributed by atoms with Crippen LogP contribution in [0.1, 0.15) is 52.9 Å². The average Bonchev–Trinajstić information content (AvgIpc) is 2.43. The van der Waals surface area contributed by atoms with E-state index in [9.17, 15) is 0 Å². The zero-order chi connectivity index (χ0) is 13.7. The summed E-state index contributed by atoms with van der Waals surface area (Å²) >= 11 is 2.15. The molecule has 19 heavy (non-hydrogen) atoms. The van der Waals surface area contributed by atoms with Crippen molar-refractivity contribution in [3.8, 4) is 0 Å². The Balaban J connectivity index is 1.87. The molecular formula is C16H32N2S. The molecule has 2 aliphatic rings. The Hall–Kier alpha value is 0.270. The molecule has 1 heterocycles. The van der Waals surface area contributed by atoms with Gasteiger partial charge in [-0.3, -0.25) is 4.90 Å². The standard InChI is InChI=1S/C16H32N2S/c1-4-9-17-16-8-6-5-7-15(16)12-18-10-11-19-14(3)13(18)2/h13-17H,4-12H2,1-3H3. The van der Waals surface area contributed by atoms with Crippen molar-refractivity contribution in [3.05, 3.63) is 0 Å². The van der Waals surface area contributed by atoms with E-state index >= 15 is 0 Å². The Kier molecular flexibility index (Phi) is 6.51. The van der Waals surface area contributed by atoms with E-state index in [0.717, 1.165) is 23.3 Å². The van der Waals surface area contributed by atoms with Crippen molar-refractivity contribution in [1.82, 2.24) is 10.2 Å². The number of nitrogens with zero attached hydrogens (tertiary/aromatic N) is 1. The highest BCUT2D eigenvalue weighted by Crippen LogP contribution is 2.29. The van der Waals surface area contributed by atoms with Crippen LogP contribution in [0.4, 0.5) is 0 Å². The molecule has 3 heteroatoms. The molecular weight excluding hydrogens is 252 g/mol. The van der Waals surface area contributed by atoms with Gasteiger partial charge in [-0.1, -0.05) is 26.7 Å². The fourth-order valence-corrected chi connectivity index (χ4v) is 4.74. The molecule has 0 amide bonds. The summed E-state index contributed by atoms with van der Waals surface area (Å²) in [7, 11) is 0. The molecule has 0 spiro atoms. The third-order valence-corrected chi connectivity index (χ3v) is 6.39. The van der Waals surface area contributed by atoms with Gasteiger partial charge in [0, 0.05) is 36.2 Å². The molecule has 1 aliphatic heterocycles. The predicted molar refractivity (Wildman–Crippen MR) is 87.0 cm³/mol. The molecule has 0 aromatic heterocycles. The molecule has 1 aliphatic carbocycles. The fourth-order valence-electron chi connectivity index (χ4n) is 3.58. The summed E-state index contributed by atoms with van der Waals surface area (Å²) in [5, 5.41) is 4.61. The number of thioether (sulfide) groups is 1. The van der Waals surface area contributed by atoms with Gasteiger partial charge in [-0.2, -0.15) is 11.8 Å². The summed E-state index contributed by atoms with van der Waals surface area (Å²) < 4.78 is 0. The largest absolute Gasteiger partial charge is 0.314 e. The maximum atomic E-state index is 3.81. The van der Waals surface area contributed by atoms with Crippen LogP contribution in [0.3, 0.4) is 0 Å². The minimum absolute atomic E-state index is 0.757. The molecule has 4 unspecified atom stereocenters. The van der Waals surface area contributed by atoms with Gasteiger partial charge in [-0.15, -0.1) is 0 Å². The predicted octanol–water partition coefficient (Wildman–Crippen LogP) is 3.37. The van der Waals surface area contributed by atoms with Gasteiger partial charge in [0.15, 0.2) is 0 Å². The molecule has 2 nitrogen and oxygen atoms in total. The van der Waals surface area contributed by atoms with E-state index in [-0.39, 0.29) is 0 Å². The van der Waals surface area contributed by atoms with Gasteiger partial charge in [0.1, 0.15) is 0 Å². The number of hydrogen-bond acceptors (Lipinski definition) is 3. The number of nitrogens with one attached hydrogen (secondary N) is 1. The van der Waals surface area contributed by atoms with Gasteiger partial charge < -0.3 is 5.32 Å². The summed E-state index contributed by atoms with van der Waals surface area (Å²) in [6.45, 7) is 10.9. The average molecular weight is 285 g/mol. The van der Waals surface area contributed by atoms with Gasteiger partial charge in [-0.25, -0.2) is 0 Å². The first-order chi connectivity index (χ1) is 9.22. The lowest BCUT2D eigenvalue weighted by Gasteiger charge is -2.42. The maximum absolute atomic E-state index is 3.81. The summed E-state index contributed by atoms with van der Waals surface area (Å²) in [6, 6.07) is 1.54. The van der Waals surface area contributed by atoms with Crippen LogP contribution in [-0.2, 0) is 0 Å². The highest BCUT2D eigenvalue weighted by Gasteiger charge is 2.31. The van der Waals surface area contributed by atoms with Crippen LogP contribution >= 0.6 is 11.8 Å². The molecule has 2 fully saturated rings. The van der Waals surface area contributed by atoms with Crippen molar-refractivity contribution < 1.29 is 0 Å². The molecule has 0 radical (unpaired) electrons. The van der Waals surface area contributed by atoms with Crippen molar-refractivity contribution in [1.29, 1.82) is 0 Å². The first kappa shape index (κ1) is 15.7. The summed E-state index contributed by atoms with van der Waals surface area (Å²) in [5.41, 5.74) is 0. The van der Waals surface area contributed by atoms with Gasteiger partial charge in [0.2, 0.25) is 0 Å². The van der Waals surface area contributed by atoms with E-state index in [1.165, 1.54) is 57.5 Å². The SMILES string of the molecule is CCCNC1CCCCC1CN1CCSC(C)C1C. The second-order valence-electron chi connectivity index (χ2n) is 6.42. The third-order valence-electron chi connectivity index (χ3n) is 5.05. The van der Waals surface area contributed by atoms with Crippen molar-refractivity contribution in [2.75, 3.05) is 25.4 Å². The molecule has 0 bridgehead atoms. The molecule has 112 valence electrons. The van der Waals surface area contributed by atoms with Gasteiger partial charge >= 0.3 is 0 Å². The fraction of sp³-hybridized carbons (Fsp3) is 1.00. The molecule has 1 N–H and O–H groups in total. The molecule has 4 atom stereocenters. The van der Waals surface area contributed by atoms with Crippen molar-refractivity contribution in [2.45, 2.75) is 70.2 Å². The van der Waals surface area contributed by atoms with Crippen LogP contribution < -0.4 is 5.32 Å². The smallest absolute Gasteiger partial charge is 0.0184 e. The van der Waals surface area contributed by atoms with Crippen molar-refractivity contribution in [2.24, 2.45) is 5.92 Å². The van der Waals surface area contributed by atoms with Gasteiger partial charge in [0.25, 0.3) is 0 Å². The quantitative estimate of drug-likeness (QED) is 0.833. The van der Waals surface area contributed by atoms with E-state index in [2.05, 4.69) is 42.7 Å². The lowest BCUT2D eigenvalue weighted by molar-refractivity contribution is 0.137. The normalized spacial score (nSPS) is 37.4. The lowest BCUT2D eigenvalue weighted by atomic mass is 9.83. The zero-order valence-corrected chi connectivity index (χ0v) is 13.8. The number of hydrogen-bond donors (Lipinski definition) is 1. The highest BCUT2D eigenvalue weighted by molar-refractivity contribution is 8.00. The van der Waals surface area contributed by atoms with E-state index in [4.69, 9.17) is 0 Å². The van der Waals surface area contributed by atoms with Crippen LogP contribution in [0.5, 0.6) is 0 Å². The Morgan fingerprint density at radius 1 is 1.21 bits per heavy atom. The zero-order valence-electron chi connectivity index (χ0n) is 13.0. The Morgan fingerprint density at radius 3 is 2.79 bits per heavy atom. The topological polar surface area (TPSA) is 15.3 Å². The summed E-state index contributed by atoms with van der Waals surface area (Å²) in [4.78, 5) is 2.76. The summed E-state index contributed by atoms with van der Waals surface area (Å²) in [6.07, 6.45) is 6.97. The van der Waals surface area contributed by atoms with Crippen molar-refractivity contribution in [3.63, 3.8) is 0 Å². The van der Waals surface area contributed by atoms with E-state index in [1.54, 1.807) is 0 Å². The minimum atomic E-state index is 0.757. The van der Waals surface area contributed by atoms with Crippen LogP contribution in [-0.4, -0.2) is 47.6 Å². The monoisotopic (exact) mass is 284 g/mol. The second-order valence-corrected chi connectivity index (χ2v) is 7.90. The van der Waals surface area contributed by atoms with Crippen LogP contribution in [0.25, 0.3) is 0 Å². The Bertz CT molecular complexity index is 259. The van der Waals surface area contributed by atoms with Crippen molar-refractivity contribution >= 4 is 11.8 Å². The lowest BCUT2D eigenvalue weighted by Crippen LogP contribution is -2.50. The Labute approximate surface area is 124 Å². The third kappa shape index (κ3) is 4.37. The maximum Gasteiger partial charge on any atom is 0.0184 e. The molecule has 1 saturated carbocycles. The minimum Gasteiger partial charge on any atom is -0.314 e.